The fourth-order valence-electron chi connectivity index (χ4n) is 3.87. The number of hydrogen-bond donors (Lipinski definition) is 1. The lowest BCUT2D eigenvalue weighted by molar-refractivity contribution is -0.203. The number of carbonyl (C=O) groups excluding carboxylic acids is 6. The van der Waals surface area contributed by atoms with Gasteiger partial charge in [0.15, 0.2) is 11.5 Å². The molecule has 3 fully saturated rings. The third-order valence-electron chi connectivity index (χ3n) is 5.67. The Morgan fingerprint density at radius 2 is 1.89 bits per heavy atom. The molecule has 3 saturated heterocycles. The Morgan fingerprint density at radius 1 is 1.14 bits per heavy atom. The molecule has 18 nitrogen and oxygen atoms in total. The molecule has 3 aliphatic heterocycles. The van der Waals surface area contributed by atoms with E-state index in [0.717, 1.165) is 4.85 Å². The van der Waals surface area contributed by atoms with E-state index in [4.69, 9.17) is 19.0 Å². The number of ether oxygens (including phenoxy) is 1. The van der Waals surface area contributed by atoms with Crippen LogP contribution < -0.4 is 4.84 Å². The van der Waals surface area contributed by atoms with Crippen LogP contribution >= 0.6 is 0 Å². The van der Waals surface area contributed by atoms with Crippen LogP contribution in [-0.4, -0.2) is 92.0 Å². The summed E-state index contributed by atoms with van der Waals surface area (Å²) in [6, 6.07) is 4.18. The molecule has 0 spiro atoms. The van der Waals surface area contributed by atoms with Crippen LogP contribution in [0, 0.1) is 5.92 Å². The minimum absolute atomic E-state index is 0.00308. The Hall–Kier alpha value is -4.49. The quantitative estimate of drug-likeness (QED) is 0.122. The van der Waals surface area contributed by atoms with E-state index < -0.39 is 76.1 Å². The standard InChI is InChI=1S/C18H13N5O13S/c24-6-33-23-9-3-1-2-7(13(9)19-20-23)17(28)36-22-11(25)4-8(14-16(22)34-14)18(29)35-21-12(26)5-10(15(21)27)37(30,31)32/h1-3,6,8,10,14,16H,4-5H2,(H,30,31,32). The molecular formula is C18H13N5O13S. The molecule has 2 aromatic rings. The average molecular weight is 539 g/mol. The predicted octanol–water partition coefficient (Wildman–Crippen LogP) is -2.86. The molecule has 1 aromatic heterocycles. The number of hydrogen-bond acceptors (Lipinski definition) is 14. The van der Waals surface area contributed by atoms with Crippen LogP contribution in [0.4, 0.5) is 0 Å². The van der Waals surface area contributed by atoms with Crippen molar-refractivity contribution in [2.75, 3.05) is 0 Å². The number of epoxide rings is 1. The molecule has 0 saturated carbocycles. The molecule has 3 amide bonds. The number of nitrogens with zero attached hydrogens (tertiary/aromatic N) is 5. The molecule has 0 bridgehead atoms. The Morgan fingerprint density at radius 3 is 2.57 bits per heavy atom. The topological polar surface area (TPSA) is 234 Å². The summed E-state index contributed by atoms with van der Waals surface area (Å²) in [5.74, 6) is -7.14. The van der Waals surface area contributed by atoms with E-state index in [1.807, 2.05) is 0 Å². The number of carbonyl (C=O) groups is 6. The molecule has 1 N–H and O–H groups in total. The Balaban J connectivity index is 1.25. The smallest absolute Gasteiger partial charge is 0.343 e. The monoisotopic (exact) mass is 539 g/mol. The Bertz CT molecular complexity index is 1490. The van der Waals surface area contributed by atoms with E-state index in [9.17, 15) is 37.2 Å². The van der Waals surface area contributed by atoms with E-state index in [-0.39, 0.29) is 28.1 Å². The summed E-state index contributed by atoms with van der Waals surface area (Å²) in [6.45, 7) is 0.0971. The van der Waals surface area contributed by atoms with Crippen molar-refractivity contribution in [3.8, 4) is 0 Å². The molecule has 4 atom stereocenters. The molecule has 3 aliphatic rings. The van der Waals surface area contributed by atoms with Crippen molar-refractivity contribution in [3.05, 3.63) is 23.8 Å². The number of hydroxylamine groups is 4. The molecule has 194 valence electrons. The van der Waals surface area contributed by atoms with Crippen LogP contribution in [0.3, 0.4) is 0 Å². The van der Waals surface area contributed by atoms with Gasteiger partial charge in [0.2, 0.25) is 0 Å². The fourth-order valence-corrected chi connectivity index (χ4v) is 4.57. The minimum atomic E-state index is -4.92. The summed E-state index contributed by atoms with van der Waals surface area (Å²) in [6.07, 6.45) is -3.76. The zero-order valence-corrected chi connectivity index (χ0v) is 18.8. The van der Waals surface area contributed by atoms with Crippen LogP contribution in [0.25, 0.3) is 11.0 Å². The van der Waals surface area contributed by atoms with Gasteiger partial charge in [-0.05, 0) is 17.3 Å². The lowest BCUT2D eigenvalue weighted by Gasteiger charge is -2.26. The highest BCUT2D eigenvalue weighted by Crippen LogP contribution is 2.41. The van der Waals surface area contributed by atoms with Gasteiger partial charge in [0.05, 0.1) is 17.9 Å². The summed E-state index contributed by atoms with van der Waals surface area (Å²) in [5, 5.41) is 5.70. The number of rotatable bonds is 7. The van der Waals surface area contributed by atoms with E-state index >= 15 is 0 Å². The molecular weight excluding hydrogens is 526 g/mol. The number of piperidine rings is 1. The molecule has 4 heterocycles. The first-order valence-corrected chi connectivity index (χ1v) is 11.7. The first-order valence-electron chi connectivity index (χ1n) is 10.2. The Labute approximate surface area is 204 Å². The van der Waals surface area contributed by atoms with Crippen LogP contribution in [0.2, 0.25) is 0 Å². The maximum Gasteiger partial charge on any atom is 0.365 e. The third kappa shape index (κ3) is 4.13. The van der Waals surface area contributed by atoms with E-state index in [2.05, 4.69) is 15.1 Å². The van der Waals surface area contributed by atoms with Crippen molar-refractivity contribution in [2.45, 2.75) is 30.4 Å². The second kappa shape index (κ2) is 8.57. The summed E-state index contributed by atoms with van der Waals surface area (Å²) < 4.78 is 36.8. The summed E-state index contributed by atoms with van der Waals surface area (Å²) in [4.78, 5) is 87.6. The number of fused-ring (bicyclic) bond motifs is 2. The lowest BCUT2D eigenvalue weighted by Crippen LogP contribution is -2.47. The first-order chi connectivity index (χ1) is 17.5. The number of benzene rings is 1. The van der Waals surface area contributed by atoms with Gasteiger partial charge in [0, 0.05) is 6.42 Å². The van der Waals surface area contributed by atoms with Crippen molar-refractivity contribution in [2.24, 2.45) is 5.92 Å². The van der Waals surface area contributed by atoms with Crippen LogP contribution in [0.15, 0.2) is 18.2 Å². The number of amides is 3. The van der Waals surface area contributed by atoms with Gasteiger partial charge in [-0.2, -0.15) is 8.42 Å². The highest BCUT2D eigenvalue weighted by molar-refractivity contribution is 7.87. The van der Waals surface area contributed by atoms with Gasteiger partial charge in [0.1, 0.15) is 17.1 Å². The van der Waals surface area contributed by atoms with E-state index in [1.165, 1.54) is 18.2 Å². The summed E-state index contributed by atoms with van der Waals surface area (Å²) in [7, 11) is -4.92. The maximum absolute atomic E-state index is 12.7. The van der Waals surface area contributed by atoms with Crippen LogP contribution in [0.5, 0.6) is 0 Å². The normalized spacial score (nSPS) is 25.2. The third-order valence-corrected chi connectivity index (χ3v) is 6.75. The van der Waals surface area contributed by atoms with Gasteiger partial charge >= 0.3 is 18.4 Å². The second-order valence-corrected chi connectivity index (χ2v) is 9.48. The highest BCUT2D eigenvalue weighted by Gasteiger charge is 2.61. The summed E-state index contributed by atoms with van der Waals surface area (Å²) in [5.41, 5.74) is 0.0121. The highest BCUT2D eigenvalue weighted by atomic mass is 32.2. The van der Waals surface area contributed by atoms with Gasteiger partial charge in [-0.15, -0.1) is 15.2 Å². The van der Waals surface area contributed by atoms with Crippen LogP contribution in [0.1, 0.15) is 23.2 Å². The van der Waals surface area contributed by atoms with E-state index in [0.29, 0.717) is 5.06 Å². The van der Waals surface area contributed by atoms with Crippen LogP contribution in [-0.2, 0) is 48.5 Å². The molecule has 19 heteroatoms. The average Bonchev–Trinajstić information content (AvgIpc) is 3.45. The zero-order valence-electron chi connectivity index (χ0n) is 18.0. The van der Waals surface area contributed by atoms with Gasteiger partial charge in [-0.25, -0.2) is 9.59 Å². The zero-order chi connectivity index (χ0) is 26.6. The first kappa shape index (κ1) is 24.2. The lowest BCUT2D eigenvalue weighted by atomic mass is 9.97. The second-order valence-electron chi connectivity index (χ2n) is 7.88. The maximum atomic E-state index is 12.7. The molecule has 0 radical (unpaired) electrons. The van der Waals surface area contributed by atoms with Gasteiger partial charge in [-0.3, -0.25) is 23.7 Å². The molecule has 5 rings (SSSR count). The largest absolute Gasteiger partial charge is 0.365 e. The molecule has 4 unspecified atom stereocenters. The van der Waals surface area contributed by atoms with Gasteiger partial charge in [0.25, 0.3) is 27.8 Å². The van der Waals surface area contributed by atoms with Gasteiger partial charge < -0.3 is 19.2 Å². The van der Waals surface area contributed by atoms with Crippen molar-refractivity contribution in [1.82, 2.24) is 25.3 Å². The molecule has 37 heavy (non-hydrogen) atoms. The molecule has 0 aliphatic carbocycles. The summed E-state index contributed by atoms with van der Waals surface area (Å²) >= 11 is 0. The Kier molecular flexibility index (Phi) is 5.61. The SMILES string of the molecule is O=COn1nnc2c(C(=O)ON3C(=O)CC(C(=O)ON4C(=O)CC(S(=O)(=O)O)C4=O)C4OC43)cccc21. The number of imide groups is 1. The number of aromatic nitrogens is 3. The molecule has 1 aromatic carbocycles. The van der Waals surface area contributed by atoms with Crippen molar-refractivity contribution >= 4 is 57.3 Å². The fraction of sp³-hybridized carbons (Fsp3) is 0.333. The van der Waals surface area contributed by atoms with Crippen molar-refractivity contribution in [3.63, 3.8) is 0 Å². The minimum Gasteiger partial charge on any atom is -0.343 e. The van der Waals surface area contributed by atoms with E-state index in [1.54, 1.807) is 0 Å². The predicted molar refractivity (Wildman–Crippen MR) is 107 cm³/mol. The van der Waals surface area contributed by atoms with Gasteiger partial charge in [-0.1, -0.05) is 10.9 Å². The van der Waals surface area contributed by atoms with Crippen molar-refractivity contribution < 1.29 is 61.0 Å². The van der Waals surface area contributed by atoms with Crippen molar-refractivity contribution in [1.29, 1.82) is 0 Å².